The number of aromatic nitrogens is 4. The molecule has 1 aliphatic rings. The van der Waals surface area contributed by atoms with Gasteiger partial charge in [0.1, 0.15) is 0 Å². The van der Waals surface area contributed by atoms with Crippen LogP contribution >= 0.6 is 15.9 Å². The van der Waals surface area contributed by atoms with E-state index in [0.29, 0.717) is 5.82 Å². The third-order valence-corrected chi connectivity index (χ3v) is 13.5. The largest absolute Gasteiger partial charge is 0.494 e. The number of nitrogens with zero attached hydrogens (tertiary/aromatic N) is 4. The summed E-state index contributed by atoms with van der Waals surface area (Å²) in [7, 11) is -0.395. The lowest BCUT2D eigenvalue weighted by Gasteiger charge is -2.32. The second kappa shape index (κ2) is 20.2. The third kappa shape index (κ3) is 10.4. The Kier molecular flexibility index (Phi) is 13.3. The Morgan fingerprint density at radius 1 is 0.314 bits per heavy atom. The first-order chi connectivity index (χ1) is 34.0. The lowest BCUT2D eigenvalue weighted by Crippen LogP contribution is -2.41. The number of hydrogen-bond donors (Lipinski definition) is 0. The van der Waals surface area contributed by atoms with Crippen molar-refractivity contribution in [2.75, 3.05) is 0 Å². The fraction of sp³-hybridized carbons (Fsp3) is 0.0968. The highest BCUT2D eigenvalue weighted by atomic mass is 79.9. The zero-order valence-corrected chi connectivity index (χ0v) is 41.1. The maximum Gasteiger partial charge on any atom is 0.494 e. The van der Waals surface area contributed by atoms with E-state index in [9.17, 15) is 0 Å². The first kappa shape index (κ1) is 46.1. The van der Waals surface area contributed by atoms with Crippen molar-refractivity contribution in [2.24, 2.45) is 0 Å². The van der Waals surface area contributed by atoms with Gasteiger partial charge in [0.25, 0.3) is 0 Å². The van der Waals surface area contributed by atoms with Gasteiger partial charge in [0.2, 0.25) is 0 Å². The van der Waals surface area contributed by atoms with Crippen LogP contribution in [-0.4, -0.2) is 38.3 Å². The van der Waals surface area contributed by atoms with Crippen molar-refractivity contribution < 1.29 is 9.31 Å². The van der Waals surface area contributed by atoms with E-state index < -0.39 is 7.12 Å². The van der Waals surface area contributed by atoms with Gasteiger partial charge in [-0.25, -0.2) is 19.9 Å². The smallest absolute Gasteiger partial charge is 0.399 e. The average Bonchev–Trinajstić information content (AvgIpc) is 3.65. The zero-order chi connectivity index (χ0) is 48.1. The topological polar surface area (TPSA) is 70.0 Å². The lowest BCUT2D eigenvalue weighted by atomic mass is 9.79. The van der Waals surface area contributed by atoms with Crippen molar-refractivity contribution in [2.45, 2.75) is 38.9 Å². The van der Waals surface area contributed by atoms with Crippen molar-refractivity contribution >= 4 is 28.5 Å². The van der Waals surface area contributed by atoms with Crippen molar-refractivity contribution in [3.05, 3.63) is 235 Å². The van der Waals surface area contributed by atoms with E-state index in [1.807, 2.05) is 84.9 Å². The fourth-order valence-electron chi connectivity index (χ4n) is 8.26. The van der Waals surface area contributed by atoms with E-state index in [1.165, 1.54) is 22.3 Å². The molecule has 10 aromatic rings. The van der Waals surface area contributed by atoms with Gasteiger partial charge in [-0.05, 0) is 79.7 Å². The minimum absolute atomic E-state index is 0.376. The summed E-state index contributed by atoms with van der Waals surface area (Å²) in [5.41, 5.74) is 14.7. The quantitative estimate of drug-likeness (QED) is 0.134. The molecule has 0 radical (unpaired) electrons. The minimum atomic E-state index is -0.395. The summed E-state index contributed by atoms with van der Waals surface area (Å²) in [6, 6.07) is 78.8. The maximum absolute atomic E-state index is 6.24. The summed E-state index contributed by atoms with van der Waals surface area (Å²) in [5, 5.41) is 0. The molecule has 6 nitrogen and oxygen atoms in total. The van der Waals surface area contributed by atoms with E-state index in [0.717, 1.165) is 71.9 Å². The molecule has 0 spiro atoms. The predicted molar refractivity (Wildman–Crippen MR) is 291 cm³/mol. The highest BCUT2D eigenvalue weighted by Crippen LogP contribution is 2.37. The number of hydrogen-bond acceptors (Lipinski definition) is 6. The van der Waals surface area contributed by atoms with E-state index in [-0.39, 0.29) is 11.2 Å². The molecule has 2 aromatic heterocycles. The van der Waals surface area contributed by atoms with Gasteiger partial charge in [-0.1, -0.05) is 222 Å². The van der Waals surface area contributed by atoms with Crippen LogP contribution in [0, 0.1) is 0 Å². The van der Waals surface area contributed by atoms with Gasteiger partial charge in [-0.2, -0.15) is 0 Å². The van der Waals surface area contributed by atoms with Crippen LogP contribution < -0.4 is 5.46 Å². The minimum Gasteiger partial charge on any atom is -0.399 e. The average molecular weight is 974 g/mol. The molecule has 1 saturated heterocycles. The van der Waals surface area contributed by atoms with E-state index in [1.54, 1.807) is 0 Å². The molecule has 3 heterocycles. The van der Waals surface area contributed by atoms with Gasteiger partial charge < -0.3 is 9.31 Å². The van der Waals surface area contributed by atoms with Gasteiger partial charge >= 0.3 is 7.12 Å². The Hall–Kier alpha value is -7.62. The molecule has 0 aliphatic carbocycles. The van der Waals surface area contributed by atoms with Gasteiger partial charge in [0.05, 0.1) is 34.0 Å². The monoisotopic (exact) mass is 972 g/mol. The second-order valence-electron chi connectivity index (χ2n) is 18.3. The number of benzene rings is 8. The normalized spacial score (nSPS) is 13.6. The zero-order valence-electron chi connectivity index (χ0n) is 39.5. The summed E-state index contributed by atoms with van der Waals surface area (Å²) >= 11 is 3.51. The summed E-state index contributed by atoms with van der Waals surface area (Å²) in [6.45, 7) is 8.28. The molecular formula is C62H50BBrN4O2. The molecule has 0 unspecified atom stereocenters. The second-order valence-corrected chi connectivity index (χ2v) is 19.2. The van der Waals surface area contributed by atoms with Gasteiger partial charge in [0.15, 0.2) is 11.6 Å². The molecule has 0 saturated carbocycles. The Labute approximate surface area is 419 Å². The van der Waals surface area contributed by atoms with Crippen LogP contribution in [0.4, 0.5) is 0 Å². The summed E-state index contributed by atoms with van der Waals surface area (Å²) in [6.07, 6.45) is 0. The predicted octanol–water partition coefficient (Wildman–Crippen LogP) is 15.4. The first-order valence-electron chi connectivity index (χ1n) is 23.5. The Morgan fingerprint density at radius 3 is 0.900 bits per heavy atom. The van der Waals surface area contributed by atoms with Crippen LogP contribution in [0.1, 0.15) is 27.7 Å². The molecular weight excluding hydrogens is 923 g/mol. The lowest BCUT2D eigenvalue weighted by molar-refractivity contribution is 0.00578. The van der Waals surface area contributed by atoms with Crippen LogP contribution in [0.25, 0.3) is 90.1 Å². The highest BCUT2D eigenvalue weighted by Gasteiger charge is 2.51. The van der Waals surface area contributed by atoms with Crippen LogP contribution in [0.3, 0.4) is 0 Å². The third-order valence-electron chi connectivity index (χ3n) is 13.0. The first-order valence-corrected chi connectivity index (χ1v) is 24.3. The summed E-state index contributed by atoms with van der Waals surface area (Å²) in [5.74, 6) is 1.42. The molecule has 0 atom stereocenters. The molecule has 1 fully saturated rings. The summed E-state index contributed by atoms with van der Waals surface area (Å²) in [4.78, 5) is 19.7. The van der Waals surface area contributed by atoms with E-state index in [2.05, 4.69) is 189 Å². The van der Waals surface area contributed by atoms with Crippen molar-refractivity contribution in [3.63, 3.8) is 0 Å². The molecule has 0 bridgehead atoms. The molecule has 70 heavy (non-hydrogen) atoms. The molecule has 0 amide bonds. The van der Waals surface area contributed by atoms with Crippen molar-refractivity contribution in [1.82, 2.24) is 19.9 Å². The highest BCUT2D eigenvalue weighted by molar-refractivity contribution is 9.10. The molecule has 340 valence electrons. The SMILES string of the molecule is Brc1ccc(-c2cc(-c3ccc(-c4ccccc4)cc3)nc(-c3ccccc3)n2)cc1.CC1(C)OB(c2ccc(-c3cc(-c4ccc(-c5ccccc5)cc4)nc(-c4ccccc4)n3)cc2)OC1(C)C. The van der Waals surface area contributed by atoms with Crippen LogP contribution in [0.5, 0.6) is 0 Å². The molecule has 0 N–H and O–H groups in total. The Bertz CT molecular complexity index is 3320. The van der Waals surface area contributed by atoms with Gasteiger partial charge in [0, 0.05) is 37.9 Å². The molecule has 8 heteroatoms. The van der Waals surface area contributed by atoms with Crippen LogP contribution in [-0.2, 0) is 9.31 Å². The maximum atomic E-state index is 6.24. The molecule has 11 rings (SSSR count). The standard InChI is InChI=1S/C34H31BN2O2.C28H19BrN2/c1-33(2)34(3,4)39-35(38-33)29-21-19-27(20-22-29)31-23-30(36-32(37-31)28-13-9-6-10-14-28)26-17-15-25(16-18-26)24-11-7-5-8-12-24;29-25-17-15-23(16-18-25)27-19-26(30-28(31-27)24-9-5-2-6-10-24)22-13-11-21(12-14-22)20-7-3-1-4-8-20/h5-23H,1-4H3;1-19H. The number of halogens is 1. The van der Waals surface area contributed by atoms with Crippen LogP contribution in [0.15, 0.2) is 235 Å². The van der Waals surface area contributed by atoms with Crippen molar-refractivity contribution in [1.29, 1.82) is 0 Å². The van der Waals surface area contributed by atoms with Gasteiger partial charge in [-0.15, -0.1) is 0 Å². The Balaban J connectivity index is 0.000000166. The van der Waals surface area contributed by atoms with Gasteiger partial charge in [-0.3, -0.25) is 0 Å². The van der Waals surface area contributed by atoms with E-state index >= 15 is 0 Å². The Morgan fingerprint density at radius 2 is 0.571 bits per heavy atom. The van der Waals surface area contributed by atoms with E-state index in [4.69, 9.17) is 29.2 Å². The molecule has 1 aliphatic heterocycles. The number of rotatable bonds is 9. The summed E-state index contributed by atoms with van der Waals surface area (Å²) < 4.78 is 13.5. The molecule has 8 aromatic carbocycles. The fourth-order valence-corrected chi connectivity index (χ4v) is 8.52. The van der Waals surface area contributed by atoms with Crippen molar-refractivity contribution in [3.8, 4) is 90.1 Å². The van der Waals surface area contributed by atoms with Crippen LogP contribution in [0.2, 0.25) is 0 Å².